The molecule has 0 bridgehead atoms. The Morgan fingerprint density at radius 2 is 2.20 bits per heavy atom. The number of hydrogen-bond acceptors (Lipinski definition) is 4. The summed E-state index contributed by atoms with van der Waals surface area (Å²) in [6, 6.07) is 1.35. The second-order valence-corrected chi connectivity index (χ2v) is 3.29. The second kappa shape index (κ2) is 2.93. The minimum Gasteiger partial charge on any atom is -0.426 e. The topological polar surface area (TPSA) is 77.0 Å². The van der Waals surface area contributed by atoms with Crippen molar-refractivity contribution >= 4 is 28.5 Å². The van der Waals surface area contributed by atoms with E-state index in [1.54, 1.807) is 0 Å². The molecule has 0 amide bonds. The van der Waals surface area contributed by atoms with Gasteiger partial charge < -0.3 is 10.9 Å². The predicted molar refractivity (Wildman–Crippen MR) is 48.9 cm³/mol. The number of nitrogen functional groups attached to an aromatic ring is 1. The molecule has 0 saturated carbocycles. The molecule has 0 aliphatic carbocycles. The number of rotatable bonds is 1. The zero-order valence-electron chi connectivity index (χ0n) is 7.15. The number of halogens is 3. The smallest absolute Gasteiger partial charge is 0.383 e. The Balaban J connectivity index is 2.82. The fourth-order valence-corrected chi connectivity index (χ4v) is 1.32. The third kappa shape index (κ3) is 1.44. The molecular formula is C7H5ClF2N4O. The van der Waals surface area contributed by atoms with Crippen molar-refractivity contribution in [1.29, 1.82) is 0 Å². The molecular weight excluding hydrogens is 230 g/mol. The van der Waals surface area contributed by atoms with E-state index < -0.39 is 11.2 Å². The molecule has 0 atom stereocenters. The number of pyridine rings is 1. The molecule has 2 heterocycles. The first-order chi connectivity index (χ1) is 6.91. The van der Waals surface area contributed by atoms with Crippen LogP contribution in [0.1, 0.15) is 5.82 Å². The Kier molecular flexibility index (Phi) is 1.93. The fraction of sp³-hybridized carbons (Fsp3) is 0.143. The van der Waals surface area contributed by atoms with Gasteiger partial charge in [0.15, 0.2) is 5.65 Å². The Bertz CT molecular complexity index is 521. The van der Waals surface area contributed by atoms with E-state index in [1.165, 1.54) is 12.3 Å². The molecule has 0 aromatic carbocycles. The van der Waals surface area contributed by atoms with Crippen LogP contribution in [0.25, 0.3) is 11.2 Å². The standard InChI is InChI=1S/C7H5ClF2N4O/c8-7(9,10)6-13-5-4(14(6)15)3(11)1-2-12-5/h1-2,15H,(H2,11,12). The lowest BCUT2D eigenvalue weighted by molar-refractivity contribution is 0.0531. The lowest BCUT2D eigenvalue weighted by Crippen LogP contribution is -2.12. The van der Waals surface area contributed by atoms with Crippen LogP contribution in [-0.4, -0.2) is 19.9 Å². The number of hydrogen-bond donors (Lipinski definition) is 2. The molecule has 2 rings (SSSR count). The molecule has 0 fully saturated rings. The van der Waals surface area contributed by atoms with Crippen LogP contribution in [0.2, 0.25) is 0 Å². The van der Waals surface area contributed by atoms with Crippen molar-refractivity contribution in [2.24, 2.45) is 0 Å². The van der Waals surface area contributed by atoms with Crippen LogP contribution in [0, 0.1) is 0 Å². The molecule has 15 heavy (non-hydrogen) atoms. The van der Waals surface area contributed by atoms with Gasteiger partial charge in [0.25, 0.3) is 0 Å². The minimum atomic E-state index is -3.78. The van der Waals surface area contributed by atoms with Crippen LogP contribution >= 0.6 is 11.6 Å². The first-order valence-corrected chi connectivity index (χ1v) is 4.18. The number of alkyl halides is 3. The fourth-order valence-electron chi connectivity index (χ4n) is 1.19. The van der Waals surface area contributed by atoms with Gasteiger partial charge in [-0.2, -0.15) is 13.5 Å². The molecule has 80 valence electrons. The van der Waals surface area contributed by atoms with Crippen molar-refractivity contribution in [2.75, 3.05) is 5.73 Å². The molecule has 5 nitrogen and oxygen atoms in total. The van der Waals surface area contributed by atoms with Gasteiger partial charge in [0, 0.05) is 6.20 Å². The number of aromatic nitrogens is 3. The summed E-state index contributed by atoms with van der Waals surface area (Å²) in [4.78, 5) is 7.06. The minimum absolute atomic E-state index is 0.0853. The summed E-state index contributed by atoms with van der Waals surface area (Å²) < 4.78 is 25.6. The largest absolute Gasteiger partial charge is 0.426 e. The zero-order valence-corrected chi connectivity index (χ0v) is 7.91. The normalized spacial score (nSPS) is 12.2. The van der Waals surface area contributed by atoms with E-state index in [0.29, 0.717) is 0 Å². The SMILES string of the molecule is Nc1ccnc2nc(C(F)(F)Cl)n(O)c12. The maximum absolute atomic E-state index is 12.7. The van der Waals surface area contributed by atoms with Crippen molar-refractivity contribution in [2.45, 2.75) is 5.38 Å². The second-order valence-electron chi connectivity index (χ2n) is 2.82. The van der Waals surface area contributed by atoms with E-state index in [2.05, 4.69) is 9.97 Å². The van der Waals surface area contributed by atoms with Gasteiger partial charge in [-0.25, -0.2) is 9.97 Å². The number of anilines is 1. The molecule has 2 aromatic rings. The number of fused-ring (bicyclic) bond motifs is 1. The lowest BCUT2D eigenvalue weighted by atomic mass is 10.4. The highest BCUT2D eigenvalue weighted by Crippen LogP contribution is 2.33. The molecule has 0 saturated heterocycles. The Hall–Kier alpha value is -1.63. The average Bonchev–Trinajstić information content (AvgIpc) is 2.44. The van der Waals surface area contributed by atoms with Crippen LogP contribution < -0.4 is 5.73 Å². The van der Waals surface area contributed by atoms with Gasteiger partial charge in [0.2, 0.25) is 5.82 Å². The van der Waals surface area contributed by atoms with Crippen LogP contribution in [0.5, 0.6) is 0 Å². The van der Waals surface area contributed by atoms with Crippen molar-refractivity contribution < 1.29 is 14.0 Å². The van der Waals surface area contributed by atoms with Crippen LogP contribution in [0.3, 0.4) is 0 Å². The number of nitrogens with zero attached hydrogens (tertiary/aromatic N) is 3. The number of nitrogens with two attached hydrogens (primary N) is 1. The quantitative estimate of drug-likeness (QED) is 0.580. The molecule has 0 aliphatic heterocycles. The lowest BCUT2D eigenvalue weighted by Gasteiger charge is -2.05. The third-order valence-corrected chi connectivity index (χ3v) is 1.98. The Morgan fingerprint density at radius 3 is 2.73 bits per heavy atom. The van der Waals surface area contributed by atoms with E-state index in [-0.39, 0.29) is 21.6 Å². The average molecular weight is 235 g/mol. The third-order valence-electron chi connectivity index (χ3n) is 1.81. The molecule has 0 radical (unpaired) electrons. The van der Waals surface area contributed by atoms with Crippen LogP contribution in [0.4, 0.5) is 14.5 Å². The summed E-state index contributed by atoms with van der Waals surface area (Å²) in [5.41, 5.74) is 5.37. The highest BCUT2D eigenvalue weighted by Gasteiger charge is 2.36. The van der Waals surface area contributed by atoms with E-state index in [9.17, 15) is 14.0 Å². The monoisotopic (exact) mass is 234 g/mol. The highest BCUT2D eigenvalue weighted by atomic mass is 35.5. The van der Waals surface area contributed by atoms with Gasteiger partial charge in [0.05, 0.1) is 5.69 Å². The summed E-state index contributed by atoms with van der Waals surface area (Å²) in [6.45, 7) is 0. The van der Waals surface area contributed by atoms with E-state index >= 15 is 0 Å². The Morgan fingerprint density at radius 1 is 1.53 bits per heavy atom. The molecule has 8 heteroatoms. The van der Waals surface area contributed by atoms with Gasteiger partial charge in [-0.1, -0.05) is 0 Å². The summed E-state index contributed by atoms with van der Waals surface area (Å²) in [7, 11) is 0. The van der Waals surface area contributed by atoms with Crippen molar-refractivity contribution in [3.05, 3.63) is 18.1 Å². The molecule has 0 aliphatic rings. The molecule has 3 N–H and O–H groups in total. The van der Waals surface area contributed by atoms with Gasteiger partial charge >= 0.3 is 5.38 Å². The number of imidazole rings is 1. The van der Waals surface area contributed by atoms with E-state index in [0.717, 1.165) is 0 Å². The van der Waals surface area contributed by atoms with Crippen LogP contribution in [-0.2, 0) is 5.38 Å². The molecule has 0 spiro atoms. The Labute approximate surface area is 87.1 Å². The van der Waals surface area contributed by atoms with Crippen molar-refractivity contribution in [3.8, 4) is 0 Å². The summed E-state index contributed by atoms with van der Waals surface area (Å²) in [6.07, 6.45) is 1.29. The van der Waals surface area contributed by atoms with Gasteiger partial charge in [0.1, 0.15) is 5.52 Å². The maximum atomic E-state index is 12.7. The maximum Gasteiger partial charge on any atom is 0.383 e. The summed E-state index contributed by atoms with van der Waals surface area (Å²) >= 11 is 4.74. The van der Waals surface area contributed by atoms with Gasteiger partial charge in [-0.3, -0.25) is 0 Å². The molecule has 2 aromatic heterocycles. The zero-order chi connectivity index (χ0) is 11.2. The summed E-state index contributed by atoms with van der Waals surface area (Å²) in [5, 5.41) is 5.60. The van der Waals surface area contributed by atoms with Crippen molar-refractivity contribution in [1.82, 2.24) is 14.7 Å². The van der Waals surface area contributed by atoms with Crippen molar-refractivity contribution in [3.63, 3.8) is 0 Å². The van der Waals surface area contributed by atoms with Gasteiger partial charge in [-0.15, -0.1) is 0 Å². The van der Waals surface area contributed by atoms with E-state index in [1.807, 2.05) is 0 Å². The predicted octanol–water partition coefficient (Wildman–Crippen LogP) is 1.54. The van der Waals surface area contributed by atoms with E-state index in [4.69, 9.17) is 17.3 Å². The summed E-state index contributed by atoms with van der Waals surface area (Å²) in [5.74, 6) is -1.01. The van der Waals surface area contributed by atoms with Crippen LogP contribution in [0.15, 0.2) is 12.3 Å². The first kappa shape index (κ1) is 9.91. The highest BCUT2D eigenvalue weighted by molar-refractivity contribution is 6.21. The first-order valence-electron chi connectivity index (χ1n) is 3.80. The molecule has 0 unspecified atom stereocenters. The van der Waals surface area contributed by atoms with Gasteiger partial charge in [-0.05, 0) is 17.7 Å².